The fourth-order valence-corrected chi connectivity index (χ4v) is 10.4. The van der Waals surface area contributed by atoms with Crippen molar-refractivity contribution in [2.75, 3.05) is 13.2 Å². The summed E-state index contributed by atoms with van der Waals surface area (Å²) in [5, 5.41) is 0. The minimum Gasteiger partial charge on any atom is -0.394 e. The van der Waals surface area contributed by atoms with Gasteiger partial charge in [0.25, 0.3) is 0 Å². The Balaban J connectivity index is 2.19. The Morgan fingerprint density at radius 2 is 0.800 bits per heavy atom. The molecule has 2 nitrogen and oxygen atoms in total. The molecule has 0 saturated heterocycles. The maximum Gasteiger partial charge on any atom is 0.344 e. The predicted molar refractivity (Wildman–Crippen MR) is 110 cm³/mol. The summed E-state index contributed by atoms with van der Waals surface area (Å²) in [6, 6.07) is 0. The molecule has 0 radical (unpaired) electrons. The van der Waals surface area contributed by atoms with Crippen LogP contribution in [0.1, 0.15) is 117 Å². The summed E-state index contributed by atoms with van der Waals surface area (Å²) in [7, 11) is -2.14. The molecule has 3 heteroatoms. The smallest absolute Gasteiger partial charge is 0.344 e. The highest BCUT2D eigenvalue weighted by atomic mass is 28.4. The second-order valence-electron chi connectivity index (χ2n) is 8.38. The van der Waals surface area contributed by atoms with Crippen LogP contribution in [0.4, 0.5) is 0 Å². The van der Waals surface area contributed by atoms with E-state index in [-0.39, 0.29) is 0 Å². The van der Waals surface area contributed by atoms with Gasteiger partial charge in [-0.1, -0.05) is 77.0 Å². The molecule has 0 N–H and O–H groups in total. The first-order valence-electron chi connectivity index (χ1n) is 11.6. The van der Waals surface area contributed by atoms with Crippen LogP contribution in [0.3, 0.4) is 0 Å². The van der Waals surface area contributed by atoms with Gasteiger partial charge in [-0.2, -0.15) is 0 Å². The minimum atomic E-state index is -2.14. The Morgan fingerprint density at radius 1 is 0.520 bits per heavy atom. The van der Waals surface area contributed by atoms with E-state index in [2.05, 4.69) is 13.8 Å². The SMILES string of the molecule is CCO[Si](OCC)(C1CCCCCCCCC1)C1CCCCCCC1. The van der Waals surface area contributed by atoms with Crippen LogP contribution >= 0.6 is 0 Å². The molecular weight excluding hydrogens is 324 g/mol. The van der Waals surface area contributed by atoms with E-state index in [0.717, 1.165) is 24.3 Å². The van der Waals surface area contributed by atoms with Crippen LogP contribution in [0, 0.1) is 0 Å². The molecule has 25 heavy (non-hydrogen) atoms. The Morgan fingerprint density at radius 3 is 1.08 bits per heavy atom. The Labute approximate surface area is 158 Å². The van der Waals surface area contributed by atoms with Gasteiger partial charge in [0.2, 0.25) is 0 Å². The molecule has 0 amide bonds. The van der Waals surface area contributed by atoms with E-state index >= 15 is 0 Å². The molecule has 0 aromatic rings. The quantitative estimate of drug-likeness (QED) is 0.451. The van der Waals surface area contributed by atoms with E-state index in [1.807, 2.05) is 0 Å². The Bertz CT molecular complexity index is 310. The number of hydrogen-bond acceptors (Lipinski definition) is 2. The average Bonchev–Trinajstić information content (AvgIpc) is 2.59. The van der Waals surface area contributed by atoms with Crippen molar-refractivity contribution in [3.8, 4) is 0 Å². The summed E-state index contributed by atoms with van der Waals surface area (Å²) in [5.74, 6) is 0. The van der Waals surface area contributed by atoms with Crippen molar-refractivity contribution in [3.05, 3.63) is 0 Å². The number of hydrogen-bond donors (Lipinski definition) is 0. The van der Waals surface area contributed by atoms with Gasteiger partial charge in [0, 0.05) is 24.3 Å². The Kier molecular flexibility index (Phi) is 10.7. The first kappa shape index (κ1) is 21.4. The highest BCUT2D eigenvalue weighted by Gasteiger charge is 2.51. The van der Waals surface area contributed by atoms with Crippen LogP contribution in [-0.2, 0) is 8.85 Å². The second-order valence-corrected chi connectivity index (χ2v) is 12.0. The molecule has 2 fully saturated rings. The zero-order chi connectivity index (χ0) is 17.8. The van der Waals surface area contributed by atoms with Gasteiger partial charge in [0.15, 0.2) is 0 Å². The molecule has 0 spiro atoms. The van der Waals surface area contributed by atoms with Gasteiger partial charge < -0.3 is 8.85 Å². The van der Waals surface area contributed by atoms with Crippen LogP contribution in [-0.4, -0.2) is 21.8 Å². The van der Waals surface area contributed by atoms with E-state index in [0.29, 0.717) is 0 Å². The lowest BCUT2D eigenvalue weighted by Crippen LogP contribution is -2.51. The van der Waals surface area contributed by atoms with E-state index in [1.54, 1.807) is 0 Å². The largest absolute Gasteiger partial charge is 0.394 e. The molecule has 148 valence electrons. The van der Waals surface area contributed by atoms with Crippen LogP contribution in [0.2, 0.25) is 11.1 Å². The molecule has 0 aliphatic heterocycles. The second kappa shape index (κ2) is 12.5. The van der Waals surface area contributed by atoms with Gasteiger partial charge in [-0.05, 0) is 39.5 Å². The fraction of sp³-hybridized carbons (Fsp3) is 1.00. The zero-order valence-corrected chi connectivity index (χ0v) is 18.2. The lowest BCUT2D eigenvalue weighted by atomic mass is 10.00. The van der Waals surface area contributed by atoms with Crippen molar-refractivity contribution in [2.45, 2.75) is 128 Å². The van der Waals surface area contributed by atoms with Crippen molar-refractivity contribution in [2.24, 2.45) is 0 Å². The normalized spacial score (nSPS) is 23.8. The summed E-state index contributed by atoms with van der Waals surface area (Å²) in [5.41, 5.74) is 1.47. The topological polar surface area (TPSA) is 18.5 Å². The molecule has 2 rings (SSSR count). The summed E-state index contributed by atoms with van der Waals surface area (Å²) in [4.78, 5) is 0. The molecule has 2 aliphatic rings. The third kappa shape index (κ3) is 6.66. The van der Waals surface area contributed by atoms with E-state index < -0.39 is 8.56 Å². The van der Waals surface area contributed by atoms with Gasteiger partial charge in [-0.3, -0.25) is 0 Å². The standard InChI is InChI=1S/C22H44O2Si/c1-3-23-25(24-4-2,22-19-15-11-8-12-16-20-22)21-17-13-9-6-5-7-10-14-18-21/h21-22H,3-20H2,1-2H3. The highest BCUT2D eigenvalue weighted by Crippen LogP contribution is 2.47. The predicted octanol–water partition coefficient (Wildman–Crippen LogP) is 7.51. The maximum absolute atomic E-state index is 6.73. The summed E-state index contributed by atoms with van der Waals surface area (Å²) < 4.78 is 13.5. The van der Waals surface area contributed by atoms with E-state index in [9.17, 15) is 0 Å². The molecule has 0 bridgehead atoms. The van der Waals surface area contributed by atoms with Crippen molar-refractivity contribution in [1.29, 1.82) is 0 Å². The number of rotatable bonds is 6. The Hall–Kier alpha value is 0.137. The molecular formula is C22H44O2Si. The van der Waals surface area contributed by atoms with Gasteiger partial charge in [0.1, 0.15) is 0 Å². The van der Waals surface area contributed by atoms with Crippen molar-refractivity contribution < 1.29 is 8.85 Å². The summed E-state index contributed by atoms with van der Waals surface area (Å²) in [6.07, 6.45) is 22.5. The monoisotopic (exact) mass is 368 g/mol. The van der Waals surface area contributed by atoms with Crippen molar-refractivity contribution in [3.63, 3.8) is 0 Å². The van der Waals surface area contributed by atoms with Crippen LogP contribution in [0.5, 0.6) is 0 Å². The van der Waals surface area contributed by atoms with Gasteiger partial charge >= 0.3 is 8.56 Å². The van der Waals surface area contributed by atoms with Gasteiger partial charge in [-0.15, -0.1) is 0 Å². The third-order valence-corrected chi connectivity index (χ3v) is 11.5. The average molecular weight is 369 g/mol. The van der Waals surface area contributed by atoms with E-state index in [4.69, 9.17) is 8.85 Å². The maximum atomic E-state index is 6.73. The van der Waals surface area contributed by atoms with Gasteiger partial charge in [-0.25, -0.2) is 0 Å². The van der Waals surface area contributed by atoms with Crippen LogP contribution in [0.25, 0.3) is 0 Å². The van der Waals surface area contributed by atoms with E-state index in [1.165, 1.54) is 103 Å². The van der Waals surface area contributed by atoms with Crippen molar-refractivity contribution >= 4 is 8.56 Å². The molecule has 0 unspecified atom stereocenters. The van der Waals surface area contributed by atoms with Crippen molar-refractivity contribution in [1.82, 2.24) is 0 Å². The molecule has 0 aromatic carbocycles. The fourth-order valence-electron chi connectivity index (χ4n) is 5.37. The lowest BCUT2D eigenvalue weighted by Gasteiger charge is -2.43. The first-order chi connectivity index (χ1) is 12.3. The molecule has 0 aromatic heterocycles. The molecule has 2 aliphatic carbocycles. The van der Waals surface area contributed by atoms with Gasteiger partial charge in [0.05, 0.1) is 0 Å². The first-order valence-corrected chi connectivity index (χ1v) is 13.6. The third-order valence-electron chi connectivity index (χ3n) is 6.59. The molecule has 2 saturated carbocycles. The lowest BCUT2D eigenvalue weighted by molar-refractivity contribution is 0.150. The minimum absolute atomic E-state index is 0.731. The molecule has 0 heterocycles. The summed E-state index contributed by atoms with van der Waals surface area (Å²) in [6.45, 7) is 6.09. The summed E-state index contributed by atoms with van der Waals surface area (Å²) >= 11 is 0. The zero-order valence-electron chi connectivity index (χ0n) is 17.2. The molecule has 0 atom stereocenters. The van der Waals surface area contributed by atoms with Crippen LogP contribution < -0.4 is 0 Å². The van der Waals surface area contributed by atoms with Crippen LogP contribution in [0.15, 0.2) is 0 Å². The highest BCUT2D eigenvalue weighted by molar-refractivity contribution is 6.70.